The molecule has 1 heterocycles. The second-order valence-electron chi connectivity index (χ2n) is 4.80. The van der Waals surface area contributed by atoms with Crippen LogP contribution in [0.5, 0.6) is 0 Å². The van der Waals surface area contributed by atoms with Crippen LogP contribution in [0.1, 0.15) is 15.9 Å². The highest BCUT2D eigenvalue weighted by Crippen LogP contribution is 2.25. The summed E-state index contributed by atoms with van der Waals surface area (Å²) < 4.78 is 26.6. The summed E-state index contributed by atoms with van der Waals surface area (Å²) >= 11 is 0. The Labute approximate surface area is 123 Å². The Morgan fingerprint density at radius 3 is 2.62 bits per heavy atom. The Bertz CT molecular complexity index is 786. The quantitative estimate of drug-likeness (QED) is 0.906. The van der Waals surface area contributed by atoms with Crippen molar-refractivity contribution in [1.29, 1.82) is 0 Å². The summed E-state index contributed by atoms with van der Waals surface area (Å²) in [6.45, 7) is 0.801. The topological polar surface area (TPSA) is 75.3 Å². The van der Waals surface area contributed by atoms with E-state index in [-0.39, 0.29) is 4.90 Å². The molecule has 0 saturated heterocycles. The van der Waals surface area contributed by atoms with E-state index in [4.69, 9.17) is 0 Å². The normalized spacial score (nSPS) is 13.3. The molecule has 0 aromatic heterocycles. The zero-order valence-corrected chi connectivity index (χ0v) is 12.0. The Kier molecular flexibility index (Phi) is 3.39. The van der Waals surface area contributed by atoms with E-state index in [1.54, 1.807) is 42.5 Å². The van der Waals surface area contributed by atoms with Crippen LogP contribution in [0.4, 0.5) is 5.69 Å². The van der Waals surface area contributed by atoms with Gasteiger partial charge in [-0.3, -0.25) is 4.79 Å². The van der Waals surface area contributed by atoms with Gasteiger partial charge in [0.05, 0.1) is 4.90 Å². The number of nitrogens with one attached hydrogen (secondary N) is 2. The number of carbonyl (C=O) groups excluding carboxylic acids is 1. The van der Waals surface area contributed by atoms with Gasteiger partial charge in [0, 0.05) is 17.8 Å². The highest BCUT2D eigenvalue weighted by Gasteiger charge is 2.21. The predicted molar refractivity (Wildman–Crippen MR) is 79.7 cm³/mol. The van der Waals surface area contributed by atoms with Gasteiger partial charge in [-0.25, -0.2) is 13.1 Å². The summed E-state index contributed by atoms with van der Waals surface area (Å²) in [4.78, 5) is 12.1. The lowest BCUT2D eigenvalue weighted by Gasteiger charge is -2.08. The van der Waals surface area contributed by atoms with Gasteiger partial charge in [-0.15, -0.1) is 0 Å². The number of hydrogen-bond acceptors (Lipinski definition) is 4. The maximum Gasteiger partial charge on any atom is 0.264 e. The molecule has 1 amide bonds. The lowest BCUT2D eigenvalue weighted by Crippen LogP contribution is -2.30. The van der Waals surface area contributed by atoms with E-state index in [0.717, 1.165) is 24.2 Å². The van der Waals surface area contributed by atoms with Crippen LogP contribution in [0.25, 0.3) is 0 Å². The molecule has 21 heavy (non-hydrogen) atoms. The molecule has 1 aliphatic heterocycles. The van der Waals surface area contributed by atoms with Crippen molar-refractivity contribution in [3.8, 4) is 0 Å². The minimum Gasteiger partial charge on any atom is -0.384 e. The van der Waals surface area contributed by atoms with Crippen molar-refractivity contribution in [2.75, 3.05) is 11.9 Å². The number of fused-ring (bicyclic) bond motifs is 1. The third kappa shape index (κ3) is 2.75. The zero-order chi connectivity index (χ0) is 14.9. The minimum absolute atomic E-state index is 0.106. The Morgan fingerprint density at radius 1 is 1.10 bits per heavy atom. The standard InChI is InChI=1S/C15H14N2O3S/c18-15(11-4-2-1-3-5-11)17-21(19,20)13-6-7-14-12(10-13)8-9-16-14/h1-7,10,16H,8-9H2,(H,17,18). The van der Waals surface area contributed by atoms with Crippen molar-refractivity contribution < 1.29 is 13.2 Å². The first-order chi connectivity index (χ1) is 10.1. The second kappa shape index (κ2) is 5.21. The zero-order valence-electron chi connectivity index (χ0n) is 11.2. The Morgan fingerprint density at radius 2 is 1.86 bits per heavy atom. The lowest BCUT2D eigenvalue weighted by molar-refractivity contribution is 0.0981. The number of rotatable bonds is 3. The molecule has 0 aliphatic carbocycles. The molecular weight excluding hydrogens is 288 g/mol. The fraction of sp³-hybridized carbons (Fsp3) is 0.133. The summed E-state index contributed by atoms with van der Waals surface area (Å²) in [5, 5.41) is 3.16. The molecule has 0 unspecified atom stereocenters. The van der Waals surface area contributed by atoms with E-state index in [9.17, 15) is 13.2 Å². The molecule has 3 rings (SSSR count). The van der Waals surface area contributed by atoms with Crippen molar-refractivity contribution in [3.63, 3.8) is 0 Å². The average Bonchev–Trinajstić information content (AvgIpc) is 2.95. The van der Waals surface area contributed by atoms with Crippen LogP contribution in [-0.4, -0.2) is 20.9 Å². The van der Waals surface area contributed by atoms with E-state index in [2.05, 4.69) is 10.0 Å². The van der Waals surface area contributed by atoms with Crippen LogP contribution in [0.15, 0.2) is 53.4 Å². The van der Waals surface area contributed by atoms with Crippen LogP contribution in [-0.2, 0) is 16.4 Å². The van der Waals surface area contributed by atoms with Crippen LogP contribution >= 0.6 is 0 Å². The molecule has 2 aromatic rings. The molecule has 0 fully saturated rings. The SMILES string of the molecule is O=C(NS(=O)(=O)c1ccc2c(c1)CCN2)c1ccccc1. The smallest absolute Gasteiger partial charge is 0.264 e. The summed E-state index contributed by atoms with van der Waals surface area (Å²) in [6.07, 6.45) is 0.783. The number of carbonyl (C=O) groups is 1. The molecule has 2 N–H and O–H groups in total. The van der Waals surface area contributed by atoms with Gasteiger partial charge in [-0.2, -0.15) is 0 Å². The van der Waals surface area contributed by atoms with Crippen molar-refractivity contribution in [1.82, 2.24) is 4.72 Å². The van der Waals surface area contributed by atoms with Crippen LogP contribution in [0, 0.1) is 0 Å². The molecule has 6 heteroatoms. The van der Waals surface area contributed by atoms with E-state index < -0.39 is 15.9 Å². The first kappa shape index (κ1) is 13.6. The number of anilines is 1. The monoisotopic (exact) mass is 302 g/mol. The minimum atomic E-state index is -3.86. The second-order valence-corrected chi connectivity index (χ2v) is 6.48. The van der Waals surface area contributed by atoms with Gasteiger partial charge >= 0.3 is 0 Å². The highest BCUT2D eigenvalue weighted by molar-refractivity contribution is 7.90. The van der Waals surface area contributed by atoms with Gasteiger partial charge in [0.25, 0.3) is 15.9 Å². The van der Waals surface area contributed by atoms with Crippen molar-refractivity contribution >= 4 is 21.6 Å². The van der Waals surface area contributed by atoms with Gasteiger partial charge in [0.15, 0.2) is 0 Å². The molecule has 2 aromatic carbocycles. The van der Waals surface area contributed by atoms with Crippen molar-refractivity contribution in [2.45, 2.75) is 11.3 Å². The highest BCUT2D eigenvalue weighted by atomic mass is 32.2. The number of sulfonamides is 1. The number of amides is 1. The molecule has 0 spiro atoms. The molecular formula is C15H14N2O3S. The van der Waals surface area contributed by atoms with Crippen LogP contribution in [0.2, 0.25) is 0 Å². The van der Waals surface area contributed by atoms with Crippen molar-refractivity contribution in [3.05, 3.63) is 59.7 Å². The summed E-state index contributed by atoms with van der Waals surface area (Å²) in [5.41, 5.74) is 2.21. The van der Waals surface area contributed by atoms with Gasteiger partial charge < -0.3 is 5.32 Å². The largest absolute Gasteiger partial charge is 0.384 e. The fourth-order valence-corrected chi connectivity index (χ4v) is 3.30. The molecule has 1 aliphatic rings. The Balaban J connectivity index is 1.86. The summed E-state index contributed by atoms with van der Waals surface area (Å²) in [7, 11) is -3.86. The fourth-order valence-electron chi connectivity index (χ4n) is 2.28. The maximum absolute atomic E-state index is 12.3. The van der Waals surface area contributed by atoms with E-state index in [0.29, 0.717) is 5.56 Å². The molecule has 0 saturated carbocycles. The molecule has 5 nitrogen and oxygen atoms in total. The maximum atomic E-state index is 12.3. The predicted octanol–water partition coefficient (Wildman–Crippen LogP) is 1.77. The van der Waals surface area contributed by atoms with Gasteiger partial charge in [0.2, 0.25) is 0 Å². The lowest BCUT2D eigenvalue weighted by atomic mass is 10.2. The van der Waals surface area contributed by atoms with Gasteiger partial charge in [0.1, 0.15) is 0 Å². The number of hydrogen-bond donors (Lipinski definition) is 2. The van der Waals surface area contributed by atoms with Crippen LogP contribution < -0.4 is 10.0 Å². The molecule has 0 radical (unpaired) electrons. The first-order valence-electron chi connectivity index (χ1n) is 6.55. The molecule has 108 valence electrons. The molecule has 0 bridgehead atoms. The van der Waals surface area contributed by atoms with E-state index >= 15 is 0 Å². The van der Waals surface area contributed by atoms with Gasteiger partial charge in [-0.05, 0) is 42.3 Å². The third-order valence-corrected chi connectivity index (χ3v) is 4.69. The third-order valence-electron chi connectivity index (χ3n) is 3.36. The Hall–Kier alpha value is -2.34. The van der Waals surface area contributed by atoms with Gasteiger partial charge in [-0.1, -0.05) is 18.2 Å². The first-order valence-corrected chi connectivity index (χ1v) is 8.03. The molecule has 0 atom stereocenters. The van der Waals surface area contributed by atoms with Crippen molar-refractivity contribution in [2.24, 2.45) is 0 Å². The van der Waals surface area contributed by atoms with Crippen LogP contribution in [0.3, 0.4) is 0 Å². The van der Waals surface area contributed by atoms with E-state index in [1.807, 2.05) is 0 Å². The summed E-state index contributed by atoms with van der Waals surface area (Å²) in [6, 6.07) is 13.1. The average molecular weight is 302 g/mol. The van der Waals surface area contributed by atoms with E-state index in [1.165, 1.54) is 6.07 Å². The number of benzene rings is 2. The summed E-state index contributed by atoms with van der Waals surface area (Å²) in [5.74, 6) is -0.630.